The Hall–Kier alpha value is -3.44. The molecule has 32 heavy (non-hydrogen) atoms. The number of carbonyl (C=O) groups excluding carboxylic acids is 1. The number of carbonyl (C=O) groups is 1. The summed E-state index contributed by atoms with van der Waals surface area (Å²) in [6.07, 6.45) is 0.0845. The lowest BCUT2D eigenvalue weighted by atomic mass is 9.99. The van der Waals surface area contributed by atoms with Gasteiger partial charge in [-0.05, 0) is 65.6 Å². The second-order valence-corrected chi connectivity index (χ2v) is 8.17. The van der Waals surface area contributed by atoms with Crippen LogP contribution in [0.1, 0.15) is 16.8 Å². The van der Waals surface area contributed by atoms with Gasteiger partial charge in [0.25, 0.3) is 0 Å². The fourth-order valence-electron chi connectivity index (χ4n) is 3.91. The molecule has 0 atom stereocenters. The van der Waals surface area contributed by atoms with Gasteiger partial charge in [0, 0.05) is 28.5 Å². The van der Waals surface area contributed by atoms with Crippen LogP contribution in [0.25, 0.3) is 21.9 Å². The van der Waals surface area contributed by atoms with Gasteiger partial charge >= 0.3 is 5.97 Å². The van der Waals surface area contributed by atoms with E-state index in [-0.39, 0.29) is 18.3 Å². The van der Waals surface area contributed by atoms with Gasteiger partial charge in [-0.2, -0.15) is 0 Å². The van der Waals surface area contributed by atoms with E-state index in [1.807, 2.05) is 49.4 Å². The molecule has 0 aliphatic rings. The molecular weight excluding hydrogens is 426 g/mol. The topological polar surface area (TPSA) is 60.7 Å². The molecule has 1 heterocycles. The first-order valence-corrected chi connectivity index (χ1v) is 10.6. The number of methoxy groups -OCH3 is 1. The normalized spacial score (nSPS) is 11.0. The van der Waals surface area contributed by atoms with Gasteiger partial charge in [-0.1, -0.05) is 35.9 Å². The first-order chi connectivity index (χ1) is 15.4. The summed E-state index contributed by atoms with van der Waals surface area (Å²) in [4.78, 5) is 11.7. The Morgan fingerprint density at radius 3 is 2.62 bits per heavy atom. The number of benzene rings is 3. The van der Waals surface area contributed by atoms with Gasteiger partial charge < -0.3 is 19.1 Å². The maximum atomic E-state index is 11.7. The molecule has 6 heteroatoms. The summed E-state index contributed by atoms with van der Waals surface area (Å²) in [6, 6.07) is 19.5. The molecular formula is C26H24ClNO4. The molecule has 4 rings (SSSR count). The lowest BCUT2D eigenvalue weighted by molar-refractivity contribution is -0.139. The number of esters is 1. The van der Waals surface area contributed by atoms with E-state index in [1.165, 1.54) is 7.11 Å². The van der Waals surface area contributed by atoms with E-state index >= 15 is 0 Å². The van der Waals surface area contributed by atoms with Crippen LogP contribution in [0.4, 0.5) is 0 Å². The zero-order valence-corrected chi connectivity index (χ0v) is 18.9. The molecule has 0 radical (unpaired) electrons. The van der Waals surface area contributed by atoms with Crippen LogP contribution in [-0.4, -0.2) is 22.8 Å². The Labute approximate surface area is 191 Å². The highest BCUT2D eigenvalue weighted by atomic mass is 35.5. The zero-order chi connectivity index (χ0) is 22.8. The first kappa shape index (κ1) is 21.8. The molecule has 3 aromatic carbocycles. The third kappa shape index (κ3) is 4.30. The molecule has 0 unspecified atom stereocenters. The van der Waals surface area contributed by atoms with Crippen molar-refractivity contribution in [2.24, 2.45) is 7.05 Å². The average molecular weight is 450 g/mol. The predicted molar refractivity (Wildman–Crippen MR) is 126 cm³/mol. The van der Waals surface area contributed by atoms with Crippen LogP contribution in [0, 0.1) is 6.92 Å². The molecule has 0 saturated carbocycles. The van der Waals surface area contributed by atoms with Crippen LogP contribution in [-0.2, 0) is 29.6 Å². The number of hydrogen-bond acceptors (Lipinski definition) is 4. The summed E-state index contributed by atoms with van der Waals surface area (Å²) in [6.45, 7) is 2.43. The molecule has 0 bridgehead atoms. The molecule has 0 saturated heterocycles. The van der Waals surface area contributed by atoms with Crippen LogP contribution >= 0.6 is 11.6 Å². The van der Waals surface area contributed by atoms with E-state index in [9.17, 15) is 9.90 Å². The highest BCUT2D eigenvalue weighted by Gasteiger charge is 2.17. The monoisotopic (exact) mass is 449 g/mol. The number of aryl methyl sites for hydroxylation is 1. The van der Waals surface area contributed by atoms with Gasteiger partial charge in [0.15, 0.2) is 5.88 Å². The Kier molecular flexibility index (Phi) is 6.10. The number of ether oxygens (including phenoxy) is 2. The van der Waals surface area contributed by atoms with Crippen molar-refractivity contribution in [3.05, 3.63) is 82.5 Å². The molecule has 1 N–H and O–H groups in total. The van der Waals surface area contributed by atoms with Gasteiger partial charge in [0.05, 0.1) is 13.5 Å². The summed E-state index contributed by atoms with van der Waals surface area (Å²) in [5, 5.41) is 12.7. The second-order valence-electron chi connectivity index (χ2n) is 7.74. The molecule has 0 fully saturated rings. The van der Waals surface area contributed by atoms with Gasteiger partial charge in [0.2, 0.25) is 0 Å². The van der Waals surface area contributed by atoms with Crippen LogP contribution in [0.15, 0.2) is 60.7 Å². The van der Waals surface area contributed by atoms with Gasteiger partial charge in [-0.15, -0.1) is 0 Å². The minimum absolute atomic E-state index is 0.0845. The Bertz CT molecular complexity index is 1310. The van der Waals surface area contributed by atoms with E-state index in [1.54, 1.807) is 17.7 Å². The summed E-state index contributed by atoms with van der Waals surface area (Å²) in [5.74, 6) is 0.365. The van der Waals surface area contributed by atoms with Crippen LogP contribution < -0.4 is 4.74 Å². The minimum Gasteiger partial charge on any atom is -0.494 e. The van der Waals surface area contributed by atoms with Crippen LogP contribution in [0.3, 0.4) is 0 Å². The summed E-state index contributed by atoms with van der Waals surface area (Å²) in [5.41, 5.74) is 5.07. The van der Waals surface area contributed by atoms with E-state index < -0.39 is 0 Å². The number of aromatic nitrogens is 1. The number of hydrogen-bond donors (Lipinski definition) is 1. The fraction of sp³-hybridized carbons (Fsp3) is 0.192. The number of fused-ring (bicyclic) bond motifs is 1. The van der Waals surface area contributed by atoms with Crippen molar-refractivity contribution < 1.29 is 19.4 Å². The predicted octanol–water partition coefficient (Wildman–Crippen LogP) is 5.81. The second kappa shape index (κ2) is 8.97. The number of halogens is 1. The molecule has 0 aliphatic carbocycles. The third-order valence-electron chi connectivity index (χ3n) is 5.64. The highest BCUT2D eigenvalue weighted by Crippen LogP contribution is 2.34. The fourth-order valence-corrected chi connectivity index (χ4v) is 4.13. The maximum absolute atomic E-state index is 11.7. The molecule has 0 spiro atoms. The van der Waals surface area contributed by atoms with Crippen LogP contribution in [0.2, 0.25) is 5.02 Å². The van der Waals surface area contributed by atoms with Gasteiger partial charge in [0.1, 0.15) is 12.4 Å². The smallest absolute Gasteiger partial charge is 0.311 e. The lowest BCUT2D eigenvalue weighted by Gasteiger charge is -2.10. The average Bonchev–Trinajstić information content (AvgIpc) is 3.02. The SMILES string of the molecule is COC(=O)Cc1c2ccc(OCc3cccc(-c4ccc(Cl)cc4C)c3)cc2c(O)n1C. The summed E-state index contributed by atoms with van der Waals surface area (Å²) in [7, 11) is 3.07. The standard InChI is InChI=1S/C26H24ClNO4/c1-16-11-19(27)7-9-21(16)18-6-4-5-17(12-18)15-32-20-8-10-22-23(13-20)26(30)28(2)24(22)14-25(29)31-3/h4-13,30H,14-15H2,1-3H3. The van der Waals surface area contributed by atoms with Crippen LogP contribution in [0.5, 0.6) is 11.6 Å². The van der Waals surface area contributed by atoms with Crippen molar-refractivity contribution in [2.45, 2.75) is 20.0 Å². The van der Waals surface area contributed by atoms with Crippen molar-refractivity contribution in [3.63, 3.8) is 0 Å². The van der Waals surface area contributed by atoms with Crippen molar-refractivity contribution >= 4 is 28.3 Å². The summed E-state index contributed by atoms with van der Waals surface area (Å²) >= 11 is 6.09. The van der Waals surface area contributed by atoms with Crippen molar-refractivity contribution in [2.75, 3.05) is 7.11 Å². The van der Waals surface area contributed by atoms with Gasteiger partial charge in [-0.25, -0.2) is 0 Å². The maximum Gasteiger partial charge on any atom is 0.311 e. The quantitative estimate of drug-likeness (QED) is 0.377. The number of nitrogens with zero attached hydrogens (tertiary/aromatic N) is 1. The summed E-state index contributed by atoms with van der Waals surface area (Å²) < 4.78 is 12.4. The van der Waals surface area contributed by atoms with E-state index in [0.717, 1.165) is 32.7 Å². The molecule has 4 aromatic rings. The minimum atomic E-state index is -0.358. The Balaban J connectivity index is 1.56. The van der Waals surface area contributed by atoms with Crippen molar-refractivity contribution in [1.29, 1.82) is 0 Å². The van der Waals surface area contributed by atoms with E-state index in [2.05, 4.69) is 12.1 Å². The molecule has 1 aromatic heterocycles. The molecule has 0 aliphatic heterocycles. The number of aromatic hydroxyl groups is 1. The Morgan fingerprint density at radius 1 is 1.06 bits per heavy atom. The van der Waals surface area contributed by atoms with Crippen molar-refractivity contribution in [1.82, 2.24) is 4.57 Å². The van der Waals surface area contributed by atoms with Gasteiger partial charge in [-0.3, -0.25) is 4.79 Å². The lowest BCUT2D eigenvalue weighted by Crippen LogP contribution is -2.08. The zero-order valence-electron chi connectivity index (χ0n) is 18.2. The number of rotatable bonds is 6. The van der Waals surface area contributed by atoms with E-state index in [0.29, 0.717) is 23.4 Å². The van der Waals surface area contributed by atoms with Crippen molar-refractivity contribution in [3.8, 4) is 22.8 Å². The third-order valence-corrected chi connectivity index (χ3v) is 5.87. The molecule has 5 nitrogen and oxygen atoms in total. The first-order valence-electron chi connectivity index (χ1n) is 10.2. The molecule has 164 valence electrons. The van der Waals surface area contributed by atoms with E-state index in [4.69, 9.17) is 21.1 Å². The Morgan fingerprint density at radius 2 is 1.88 bits per heavy atom. The molecule has 0 amide bonds. The highest BCUT2D eigenvalue weighted by molar-refractivity contribution is 6.30. The largest absolute Gasteiger partial charge is 0.494 e.